The summed E-state index contributed by atoms with van der Waals surface area (Å²) in [5, 5.41) is 0. The van der Waals surface area contributed by atoms with Gasteiger partial charge in [0.25, 0.3) is 0 Å². The largest absolute Gasteiger partial charge is 0.497 e. The first kappa shape index (κ1) is 29.0. The van der Waals surface area contributed by atoms with Crippen LogP contribution in [0, 0.1) is 5.92 Å². The first-order valence-corrected chi connectivity index (χ1v) is 14.3. The van der Waals surface area contributed by atoms with Gasteiger partial charge in [-0.15, -0.1) is 0 Å². The van der Waals surface area contributed by atoms with Gasteiger partial charge in [-0.05, 0) is 55.2 Å². The Hall–Kier alpha value is -4.53. The van der Waals surface area contributed by atoms with Gasteiger partial charge >= 0.3 is 5.97 Å². The minimum Gasteiger partial charge on any atom is -0.497 e. The zero-order chi connectivity index (χ0) is 29.5. The smallest absolute Gasteiger partial charge is 0.310 e. The SMILES string of the molecule is CCOC(=O)C1CCCN(C(=O)CC(c2cc(OC)cc(OC)c2)c2cnc3c(OCc4ccccc4)cccn23)C1. The molecule has 2 unspecified atom stereocenters. The molecule has 2 aromatic carbocycles. The number of aromatic nitrogens is 2. The molecule has 1 saturated heterocycles. The normalized spacial score (nSPS) is 15.7. The molecule has 4 aromatic rings. The number of esters is 1. The van der Waals surface area contributed by atoms with Gasteiger partial charge in [0.2, 0.25) is 5.91 Å². The van der Waals surface area contributed by atoms with Crippen molar-refractivity contribution < 1.29 is 28.5 Å². The second-order valence-electron chi connectivity index (χ2n) is 10.4. The summed E-state index contributed by atoms with van der Waals surface area (Å²) in [6, 6.07) is 19.4. The first-order valence-electron chi connectivity index (χ1n) is 14.3. The topological polar surface area (TPSA) is 91.6 Å². The summed E-state index contributed by atoms with van der Waals surface area (Å²) < 4.78 is 24.5. The molecule has 0 spiro atoms. The van der Waals surface area contributed by atoms with E-state index in [1.54, 1.807) is 38.3 Å². The van der Waals surface area contributed by atoms with Crippen molar-refractivity contribution in [1.29, 1.82) is 0 Å². The quantitative estimate of drug-likeness (QED) is 0.227. The minimum absolute atomic E-state index is 0.0396. The lowest BCUT2D eigenvalue weighted by molar-refractivity contribution is -0.151. The fourth-order valence-corrected chi connectivity index (χ4v) is 5.49. The number of ether oxygens (including phenoxy) is 4. The summed E-state index contributed by atoms with van der Waals surface area (Å²) in [7, 11) is 3.21. The average Bonchev–Trinajstić information content (AvgIpc) is 3.47. The number of methoxy groups -OCH3 is 2. The maximum Gasteiger partial charge on any atom is 0.310 e. The molecule has 0 saturated carbocycles. The molecule has 0 bridgehead atoms. The Bertz CT molecular complexity index is 1500. The average molecular weight is 572 g/mol. The molecule has 0 radical (unpaired) electrons. The number of pyridine rings is 1. The van der Waals surface area contributed by atoms with Crippen molar-refractivity contribution in [3.63, 3.8) is 0 Å². The third kappa shape index (κ3) is 6.51. The number of hydrogen-bond donors (Lipinski definition) is 0. The van der Waals surface area contributed by atoms with E-state index in [9.17, 15) is 9.59 Å². The van der Waals surface area contributed by atoms with Crippen LogP contribution < -0.4 is 14.2 Å². The van der Waals surface area contributed by atoms with E-state index in [2.05, 4.69) is 0 Å². The van der Waals surface area contributed by atoms with E-state index < -0.39 is 0 Å². The van der Waals surface area contributed by atoms with Gasteiger partial charge in [0.1, 0.15) is 18.1 Å². The Kier molecular flexibility index (Phi) is 9.26. The molecule has 1 fully saturated rings. The minimum atomic E-state index is -0.371. The van der Waals surface area contributed by atoms with Crippen LogP contribution in [-0.2, 0) is 20.9 Å². The highest BCUT2D eigenvalue weighted by molar-refractivity contribution is 5.80. The molecule has 2 aromatic heterocycles. The third-order valence-electron chi connectivity index (χ3n) is 7.67. The highest BCUT2D eigenvalue weighted by Crippen LogP contribution is 2.36. The van der Waals surface area contributed by atoms with Crippen LogP contribution in [0.15, 0.2) is 73.1 Å². The third-order valence-corrected chi connectivity index (χ3v) is 7.67. The van der Waals surface area contributed by atoms with Crippen LogP contribution in [0.2, 0.25) is 0 Å². The first-order chi connectivity index (χ1) is 20.5. The van der Waals surface area contributed by atoms with Crippen molar-refractivity contribution >= 4 is 17.5 Å². The van der Waals surface area contributed by atoms with Crippen molar-refractivity contribution in [1.82, 2.24) is 14.3 Å². The zero-order valence-electron chi connectivity index (χ0n) is 24.3. The summed E-state index contributed by atoms with van der Waals surface area (Å²) in [5.74, 6) is 0.943. The molecule has 1 aliphatic heterocycles. The Labute approximate surface area is 246 Å². The van der Waals surface area contributed by atoms with Gasteiger partial charge in [-0.2, -0.15) is 0 Å². The lowest BCUT2D eigenvalue weighted by atomic mass is 9.90. The van der Waals surface area contributed by atoms with Gasteiger partial charge < -0.3 is 28.2 Å². The van der Waals surface area contributed by atoms with Crippen molar-refractivity contribution in [2.75, 3.05) is 33.9 Å². The summed E-state index contributed by atoms with van der Waals surface area (Å²) in [6.45, 7) is 3.50. The lowest BCUT2D eigenvalue weighted by Crippen LogP contribution is -2.43. The Morgan fingerprint density at radius 3 is 2.50 bits per heavy atom. The number of hydrogen-bond acceptors (Lipinski definition) is 7. The molecule has 5 rings (SSSR count). The highest BCUT2D eigenvalue weighted by Gasteiger charge is 2.32. The van der Waals surface area contributed by atoms with Crippen LogP contribution >= 0.6 is 0 Å². The van der Waals surface area contributed by atoms with E-state index in [0.717, 1.165) is 29.7 Å². The van der Waals surface area contributed by atoms with Crippen LogP contribution in [0.25, 0.3) is 5.65 Å². The summed E-state index contributed by atoms with van der Waals surface area (Å²) in [4.78, 5) is 32.8. The highest BCUT2D eigenvalue weighted by atomic mass is 16.5. The second-order valence-corrected chi connectivity index (χ2v) is 10.4. The molecule has 1 aliphatic rings. The van der Waals surface area contributed by atoms with Crippen LogP contribution in [0.3, 0.4) is 0 Å². The predicted octanol–water partition coefficient (Wildman–Crippen LogP) is 5.25. The molecule has 0 N–H and O–H groups in total. The monoisotopic (exact) mass is 571 g/mol. The Morgan fingerprint density at radius 2 is 1.79 bits per heavy atom. The van der Waals surface area contributed by atoms with Crippen molar-refractivity contribution in [2.24, 2.45) is 5.92 Å². The molecular weight excluding hydrogens is 534 g/mol. The van der Waals surface area contributed by atoms with E-state index >= 15 is 0 Å². The summed E-state index contributed by atoms with van der Waals surface area (Å²) in [5.41, 5.74) is 3.41. The fraction of sp³-hybridized carbons (Fsp3) is 0.364. The molecule has 0 aliphatic carbocycles. The molecule has 9 nitrogen and oxygen atoms in total. The summed E-state index contributed by atoms with van der Waals surface area (Å²) in [6.07, 6.45) is 5.38. The number of amides is 1. The number of nitrogens with zero attached hydrogens (tertiary/aromatic N) is 3. The molecule has 1 amide bonds. The van der Waals surface area contributed by atoms with Crippen LogP contribution in [-0.4, -0.2) is 60.1 Å². The van der Waals surface area contributed by atoms with Crippen molar-refractivity contribution in [3.05, 3.63) is 89.9 Å². The molecule has 3 heterocycles. The van der Waals surface area contributed by atoms with Gasteiger partial charge in [-0.1, -0.05) is 30.3 Å². The zero-order valence-corrected chi connectivity index (χ0v) is 24.3. The van der Waals surface area contributed by atoms with Crippen molar-refractivity contribution in [2.45, 2.75) is 38.7 Å². The number of piperidine rings is 1. The maximum absolute atomic E-state index is 13.8. The lowest BCUT2D eigenvalue weighted by Gasteiger charge is -2.32. The standard InChI is InChI=1S/C33H37N3O6/c1-4-41-33(38)24-12-8-14-35(21-24)31(37)19-28(25-16-26(39-2)18-27(17-25)40-3)29-20-34-32-30(13-9-15-36(29)32)42-22-23-10-6-5-7-11-23/h5-7,9-11,13,15-18,20,24,28H,4,8,12,14,19,21-22H2,1-3H3. The van der Waals surface area contributed by atoms with Crippen LogP contribution in [0.4, 0.5) is 0 Å². The van der Waals surface area contributed by atoms with Gasteiger partial charge in [0, 0.05) is 43.9 Å². The van der Waals surface area contributed by atoms with Crippen LogP contribution in [0.5, 0.6) is 17.2 Å². The number of carbonyl (C=O) groups excluding carboxylic acids is 2. The second kappa shape index (κ2) is 13.4. The fourth-order valence-electron chi connectivity index (χ4n) is 5.49. The molecule has 9 heteroatoms. The van der Waals surface area contributed by atoms with E-state index in [0.29, 0.717) is 49.2 Å². The van der Waals surface area contributed by atoms with Gasteiger partial charge in [0.05, 0.1) is 32.4 Å². The van der Waals surface area contributed by atoms with E-state index in [1.165, 1.54) is 0 Å². The maximum atomic E-state index is 13.8. The molecule has 42 heavy (non-hydrogen) atoms. The number of benzene rings is 2. The van der Waals surface area contributed by atoms with E-state index in [1.807, 2.05) is 65.2 Å². The number of rotatable bonds is 11. The Balaban J connectivity index is 1.48. The predicted molar refractivity (Wildman–Crippen MR) is 158 cm³/mol. The number of fused-ring (bicyclic) bond motifs is 1. The van der Waals surface area contributed by atoms with E-state index in [4.69, 9.17) is 23.9 Å². The van der Waals surface area contributed by atoms with Gasteiger partial charge in [-0.25, -0.2) is 4.98 Å². The van der Waals surface area contributed by atoms with E-state index in [-0.39, 0.29) is 30.1 Å². The Morgan fingerprint density at radius 1 is 1.02 bits per heavy atom. The summed E-state index contributed by atoms with van der Waals surface area (Å²) >= 11 is 0. The molecular formula is C33H37N3O6. The van der Waals surface area contributed by atoms with Crippen molar-refractivity contribution in [3.8, 4) is 17.2 Å². The number of imidazole rings is 1. The van der Waals surface area contributed by atoms with Gasteiger partial charge in [-0.3, -0.25) is 9.59 Å². The number of carbonyl (C=O) groups is 2. The van der Waals surface area contributed by atoms with Gasteiger partial charge in [0.15, 0.2) is 11.4 Å². The molecule has 2 atom stereocenters. The molecule has 220 valence electrons. The van der Waals surface area contributed by atoms with Crippen LogP contribution in [0.1, 0.15) is 48.9 Å². The number of likely N-dealkylation sites (tertiary alicyclic amines) is 1.